The Kier molecular flexibility index (Phi) is 7.28. The third-order valence-electron chi connectivity index (χ3n) is 9.38. The Morgan fingerprint density at radius 2 is 1.93 bits per heavy atom. The van der Waals surface area contributed by atoms with Crippen LogP contribution in [0.1, 0.15) is 58.3 Å². The van der Waals surface area contributed by atoms with Gasteiger partial charge in [0.1, 0.15) is 11.2 Å². The highest BCUT2D eigenvalue weighted by molar-refractivity contribution is 6.30. The lowest BCUT2D eigenvalue weighted by Crippen LogP contribution is -2.50. The topological polar surface area (TPSA) is 115 Å². The molecule has 0 radical (unpaired) electrons. The first kappa shape index (κ1) is 26.6. The summed E-state index contributed by atoms with van der Waals surface area (Å²) in [5, 5.41) is 4.50. The maximum absolute atomic E-state index is 11.8. The normalized spacial score (nSPS) is 25.0. The van der Waals surface area contributed by atoms with Crippen LogP contribution < -0.4 is 10.7 Å². The monoisotopic (exact) mass is 577 g/mol. The average Bonchev–Trinajstić information content (AvgIpc) is 3.60. The molecule has 3 aliphatic rings. The van der Waals surface area contributed by atoms with Gasteiger partial charge in [-0.05, 0) is 56.1 Å². The molecule has 11 heteroatoms. The third kappa shape index (κ3) is 5.16. The molecule has 2 atom stereocenters. The first-order valence-electron chi connectivity index (χ1n) is 15.0. The summed E-state index contributed by atoms with van der Waals surface area (Å²) >= 11 is 6.47. The van der Waals surface area contributed by atoms with E-state index in [-0.39, 0.29) is 11.6 Å². The minimum Gasteiger partial charge on any atom is -0.381 e. The Balaban J connectivity index is 1.42. The van der Waals surface area contributed by atoms with Gasteiger partial charge in [-0.2, -0.15) is 4.98 Å². The summed E-state index contributed by atoms with van der Waals surface area (Å²) < 4.78 is 13.0. The van der Waals surface area contributed by atoms with Crippen LogP contribution in [0.2, 0.25) is 5.02 Å². The van der Waals surface area contributed by atoms with Gasteiger partial charge in [-0.3, -0.25) is 9.51 Å². The molecule has 10 nitrogen and oxygen atoms in total. The van der Waals surface area contributed by atoms with E-state index >= 15 is 0 Å². The summed E-state index contributed by atoms with van der Waals surface area (Å²) in [5.41, 5.74) is 3.06. The number of hydrogen-bond acceptors (Lipinski definition) is 8. The molecule has 4 aromatic rings. The Hall–Kier alpha value is -3.24. The number of aromatic amines is 1. The van der Waals surface area contributed by atoms with Crippen molar-refractivity contribution in [1.82, 2.24) is 29.7 Å². The van der Waals surface area contributed by atoms with Crippen molar-refractivity contribution in [2.24, 2.45) is 17.8 Å². The van der Waals surface area contributed by atoms with Crippen LogP contribution in [0.5, 0.6) is 0 Å². The SMILES string of the molecule is CCC1CCC(Cn2c(N3CCCC4COCCC43)nc3nc(-c4noc(=O)[nH]4)nc(-c4cccc(Cl)c4)c32)CC1. The molecule has 0 amide bonds. The highest BCUT2D eigenvalue weighted by atomic mass is 35.5. The number of hydrogen-bond donors (Lipinski definition) is 1. The second kappa shape index (κ2) is 11.2. The van der Waals surface area contributed by atoms with Gasteiger partial charge in [-0.1, -0.05) is 55.1 Å². The minimum atomic E-state index is -0.652. The van der Waals surface area contributed by atoms with Crippen molar-refractivity contribution in [2.45, 2.75) is 70.9 Å². The first-order valence-corrected chi connectivity index (χ1v) is 15.4. The van der Waals surface area contributed by atoms with Crippen LogP contribution in [0, 0.1) is 17.8 Å². The smallest absolute Gasteiger partial charge is 0.381 e. The van der Waals surface area contributed by atoms with E-state index < -0.39 is 5.76 Å². The third-order valence-corrected chi connectivity index (χ3v) is 9.62. The largest absolute Gasteiger partial charge is 0.439 e. The molecule has 1 saturated carbocycles. The summed E-state index contributed by atoms with van der Waals surface area (Å²) in [5.74, 6) is 2.63. The molecule has 2 saturated heterocycles. The van der Waals surface area contributed by atoms with E-state index in [0.29, 0.717) is 28.5 Å². The molecule has 0 bridgehead atoms. The predicted octanol–water partition coefficient (Wildman–Crippen LogP) is 5.71. The van der Waals surface area contributed by atoms with Crippen molar-refractivity contribution in [3.63, 3.8) is 0 Å². The number of piperidine rings is 1. The summed E-state index contributed by atoms with van der Waals surface area (Å²) in [6.45, 7) is 5.71. The maximum Gasteiger partial charge on any atom is 0.439 e. The fourth-order valence-corrected chi connectivity index (χ4v) is 7.37. The minimum absolute atomic E-state index is 0.177. The second-order valence-electron chi connectivity index (χ2n) is 11.9. The van der Waals surface area contributed by atoms with Gasteiger partial charge >= 0.3 is 5.76 Å². The lowest BCUT2D eigenvalue weighted by molar-refractivity contribution is 0.0278. The molecule has 216 valence electrons. The molecule has 1 N–H and O–H groups in total. The quantitative estimate of drug-likeness (QED) is 0.310. The zero-order valence-corrected chi connectivity index (χ0v) is 24.1. The number of ether oxygens (including phenoxy) is 1. The molecular weight excluding hydrogens is 542 g/mol. The van der Waals surface area contributed by atoms with Gasteiger partial charge in [0.05, 0.1) is 6.61 Å². The van der Waals surface area contributed by atoms with Gasteiger partial charge in [0, 0.05) is 42.2 Å². The molecule has 2 aliphatic heterocycles. The summed E-state index contributed by atoms with van der Waals surface area (Å²) in [4.78, 5) is 31.9. The van der Waals surface area contributed by atoms with E-state index in [4.69, 9.17) is 35.8 Å². The zero-order chi connectivity index (χ0) is 27.9. The molecule has 41 heavy (non-hydrogen) atoms. The van der Waals surface area contributed by atoms with E-state index in [1.807, 2.05) is 24.3 Å². The summed E-state index contributed by atoms with van der Waals surface area (Å²) in [7, 11) is 0. The van der Waals surface area contributed by atoms with Crippen LogP contribution in [0.15, 0.2) is 33.6 Å². The van der Waals surface area contributed by atoms with Crippen LogP contribution in [0.25, 0.3) is 34.1 Å². The van der Waals surface area contributed by atoms with Crippen molar-refractivity contribution in [3.05, 3.63) is 39.8 Å². The van der Waals surface area contributed by atoms with Gasteiger partial charge in [0.25, 0.3) is 0 Å². The number of imidazole rings is 1. The molecule has 2 unspecified atom stereocenters. The van der Waals surface area contributed by atoms with E-state index in [0.717, 1.165) is 67.8 Å². The van der Waals surface area contributed by atoms with Crippen LogP contribution in [0.3, 0.4) is 0 Å². The number of halogens is 1. The number of anilines is 1. The predicted molar refractivity (Wildman–Crippen MR) is 157 cm³/mol. The van der Waals surface area contributed by atoms with E-state index in [9.17, 15) is 4.79 Å². The van der Waals surface area contributed by atoms with Crippen LogP contribution >= 0.6 is 11.6 Å². The molecular formula is C30H36ClN7O3. The average molecular weight is 578 g/mol. The molecule has 5 heterocycles. The Labute approximate surface area is 243 Å². The number of H-pyrrole nitrogens is 1. The van der Waals surface area contributed by atoms with Crippen LogP contribution in [-0.2, 0) is 11.3 Å². The lowest BCUT2D eigenvalue weighted by Gasteiger charge is -2.44. The van der Waals surface area contributed by atoms with E-state index in [1.165, 1.54) is 38.5 Å². The van der Waals surface area contributed by atoms with E-state index in [2.05, 4.69) is 26.5 Å². The number of nitrogens with zero attached hydrogens (tertiary/aromatic N) is 6. The Morgan fingerprint density at radius 3 is 2.71 bits per heavy atom. The molecule has 1 aliphatic carbocycles. The van der Waals surface area contributed by atoms with Crippen molar-refractivity contribution in [2.75, 3.05) is 24.7 Å². The Morgan fingerprint density at radius 1 is 1.07 bits per heavy atom. The van der Waals surface area contributed by atoms with Crippen molar-refractivity contribution >= 4 is 28.7 Å². The number of benzene rings is 1. The fourth-order valence-electron chi connectivity index (χ4n) is 7.18. The van der Waals surface area contributed by atoms with Gasteiger partial charge in [0.2, 0.25) is 17.6 Å². The van der Waals surface area contributed by atoms with Gasteiger partial charge in [-0.25, -0.2) is 14.8 Å². The first-order chi connectivity index (χ1) is 20.1. The fraction of sp³-hybridized carbons (Fsp3) is 0.567. The highest BCUT2D eigenvalue weighted by Gasteiger charge is 2.37. The van der Waals surface area contributed by atoms with Gasteiger partial charge in [-0.15, -0.1) is 0 Å². The number of rotatable bonds is 6. The molecule has 0 spiro atoms. The van der Waals surface area contributed by atoms with Gasteiger partial charge in [0.15, 0.2) is 5.65 Å². The molecule has 1 aromatic carbocycles. The second-order valence-corrected chi connectivity index (χ2v) is 12.3. The maximum atomic E-state index is 11.8. The number of aromatic nitrogens is 6. The van der Waals surface area contributed by atoms with Crippen LogP contribution in [0.4, 0.5) is 5.95 Å². The van der Waals surface area contributed by atoms with Gasteiger partial charge < -0.3 is 14.2 Å². The van der Waals surface area contributed by atoms with Crippen molar-refractivity contribution in [3.8, 4) is 22.9 Å². The van der Waals surface area contributed by atoms with E-state index in [1.54, 1.807) is 0 Å². The standard InChI is InChI=1S/C30H36ClN7O3/c1-2-18-8-10-19(11-9-18)16-38-25-24(20-5-3-7-22(31)15-20)32-27(28-35-30(39)41-36-28)33-26(25)34-29(38)37-13-4-6-21-17-40-14-12-23(21)37/h3,5,7,15,18-19,21,23H,2,4,6,8-14,16-17H2,1H3,(H,35,36,39). The summed E-state index contributed by atoms with van der Waals surface area (Å²) in [6.07, 6.45) is 9.50. The molecule has 3 aromatic heterocycles. The molecule has 3 fully saturated rings. The lowest BCUT2D eigenvalue weighted by atomic mass is 9.81. The summed E-state index contributed by atoms with van der Waals surface area (Å²) in [6, 6.07) is 8.08. The number of fused-ring (bicyclic) bond motifs is 2. The zero-order valence-electron chi connectivity index (χ0n) is 23.4. The van der Waals surface area contributed by atoms with Crippen molar-refractivity contribution in [1.29, 1.82) is 0 Å². The molecule has 7 rings (SSSR count). The number of nitrogens with one attached hydrogen (secondary N) is 1. The Bertz CT molecular complexity index is 1590. The van der Waals surface area contributed by atoms with Crippen LogP contribution in [-0.4, -0.2) is 55.5 Å². The highest BCUT2D eigenvalue weighted by Crippen LogP contribution is 2.39. The van der Waals surface area contributed by atoms with Crippen molar-refractivity contribution < 1.29 is 9.26 Å².